The van der Waals surface area contributed by atoms with Crippen LogP contribution in [0.4, 0.5) is 5.69 Å². The molecule has 2 amide bonds. The molecule has 0 fully saturated rings. The molecule has 0 radical (unpaired) electrons. The van der Waals surface area contributed by atoms with Crippen LogP contribution in [0.5, 0.6) is 0 Å². The Kier molecular flexibility index (Phi) is 7.67. The number of halogens is 1. The molecule has 0 aliphatic rings. The first-order valence-corrected chi connectivity index (χ1v) is 8.71. The van der Waals surface area contributed by atoms with Crippen LogP contribution < -0.4 is 10.6 Å². The highest BCUT2D eigenvalue weighted by molar-refractivity contribution is 6.34. The summed E-state index contributed by atoms with van der Waals surface area (Å²) in [6.07, 6.45) is 1.67. The molecule has 0 saturated heterocycles. The summed E-state index contributed by atoms with van der Waals surface area (Å²) in [4.78, 5) is 35.4. The van der Waals surface area contributed by atoms with E-state index in [1.54, 1.807) is 24.3 Å². The number of nitrogens with one attached hydrogen (secondary N) is 2. The SMILES string of the molecule is O=C(NCCCO)C(=Cc1cccc([N+](=O)[O-])c1)NC(=O)c1ccccc1Cl. The third-order valence-electron chi connectivity index (χ3n) is 3.62. The zero-order chi connectivity index (χ0) is 20.5. The van der Waals surface area contributed by atoms with Gasteiger partial charge in [-0.1, -0.05) is 35.9 Å². The molecule has 0 aromatic heterocycles. The number of benzene rings is 2. The number of carbonyl (C=O) groups is 2. The van der Waals surface area contributed by atoms with Crippen LogP contribution in [0, 0.1) is 10.1 Å². The molecule has 0 saturated carbocycles. The molecule has 0 aliphatic heterocycles. The Bertz CT molecular complexity index is 914. The summed E-state index contributed by atoms with van der Waals surface area (Å²) in [7, 11) is 0. The lowest BCUT2D eigenvalue weighted by atomic mass is 10.1. The van der Waals surface area contributed by atoms with Gasteiger partial charge in [0.25, 0.3) is 17.5 Å². The van der Waals surface area contributed by atoms with E-state index < -0.39 is 16.7 Å². The molecule has 0 unspecified atom stereocenters. The molecule has 0 spiro atoms. The Morgan fingerprint density at radius 1 is 1.18 bits per heavy atom. The number of carbonyl (C=O) groups excluding carboxylic acids is 2. The number of hydrogen-bond donors (Lipinski definition) is 3. The van der Waals surface area contributed by atoms with Crippen molar-refractivity contribution in [2.24, 2.45) is 0 Å². The molecule has 9 heteroatoms. The summed E-state index contributed by atoms with van der Waals surface area (Å²) < 4.78 is 0. The number of nitro benzene ring substituents is 1. The van der Waals surface area contributed by atoms with Crippen LogP contribution >= 0.6 is 11.6 Å². The number of nitrogens with zero attached hydrogens (tertiary/aromatic N) is 1. The molecule has 0 atom stereocenters. The van der Waals surface area contributed by atoms with Crippen LogP contribution in [0.3, 0.4) is 0 Å². The second kappa shape index (κ2) is 10.2. The number of rotatable bonds is 8. The van der Waals surface area contributed by atoms with Gasteiger partial charge in [-0.25, -0.2) is 0 Å². The minimum atomic E-state index is -0.598. The van der Waals surface area contributed by atoms with Gasteiger partial charge in [0.05, 0.1) is 15.5 Å². The highest BCUT2D eigenvalue weighted by Crippen LogP contribution is 2.17. The Hall–Kier alpha value is -3.23. The molecule has 2 rings (SSSR count). The van der Waals surface area contributed by atoms with Crippen molar-refractivity contribution in [1.82, 2.24) is 10.6 Å². The predicted molar refractivity (Wildman–Crippen MR) is 105 cm³/mol. The molecule has 146 valence electrons. The normalized spacial score (nSPS) is 11.0. The van der Waals surface area contributed by atoms with Gasteiger partial charge in [0.2, 0.25) is 0 Å². The zero-order valence-electron chi connectivity index (χ0n) is 14.7. The standard InChI is InChI=1S/C19H18ClN3O5/c20-16-8-2-1-7-15(16)18(25)22-17(19(26)21-9-4-10-24)12-13-5-3-6-14(11-13)23(27)28/h1-3,5-8,11-12,24H,4,9-10H2,(H,21,26)(H,22,25). The monoisotopic (exact) mass is 403 g/mol. The van der Waals surface area contributed by atoms with Crippen molar-refractivity contribution in [2.75, 3.05) is 13.2 Å². The highest BCUT2D eigenvalue weighted by atomic mass is 35.5. The average molecular weight is 404 g/mol. The van der Waals surface area contributed by atoms with Crippen molar-refractivity contribution in [3.8, 4) is 0 Å². The summed E-state index contributed by atoms with van der Waals surface area (Å²) in [5, 5.41) is 25.1. The summed E-state index contributed by atoms with van der Waals surface area (Å²) in [6.45, 7) is 0.0970. The number of non-ortho nitro benzene ring substituents is 1. The molecule has 28 heavy (non-hydrogen) atoms. The number of hydrogen-bond acceptors (Lipinski definition) is 5. The van der Waals surface area contributed by atoms with Gasteiger partial charge in [-0.15, -0.1) is 0 Å². The molecule has 0 bridgehead atoms. The topological polar surface area (TPSA) is 122 Å². The van der Waals surface area contributed by atoms with E-state index in [1.807, 2.05) is 0 Å². The lowest BCUT2D eigenvalue weighted by Crippen LogP contribution is -2.35. The molecular formula is C19H18ClN3O5. The van der Waals surface area contributed by atoms with E-state index >= 15 is 0 Å². The number of nitro groups is 1. The molecule has 0 heterocycles. The van der Waals surface area contributed by atoms with Crippen molar-refractivity contribution in [3.63, 3.8) is 0 Å². The largest absolute Gasteiger partial charge is 0.396 e. The van der Waals surface area contributed by atoms with Crippen LogP contribution in [0.25, 0.3) is 6.08 Å². The maximum absolute atomic E-state index is 12.5. The highest BCUT2D eigenvalue weighted by Gasteiger charge is 2.16. The Morgan fingerprint density at radius 3 is 2.61 bits per heavy atom. The number of amides is 2. The summed E-state index contributed by atoms with van der Waals surface area (Å²) >= 11 is 6.02. The fourth-order valence-electron chi connectivity index (χ4n) is 2.26. The summed E-state index contributed by atoms with van der Waals surface area (Å²) in [6, 6.07) is 12.0. The predicted octanol–water partition coefficient (Wildman–Crippen LogP) is 2.52. The Balaban J connectivity index is 2.32. The van der Waals surface area contributed by atoms with Gasteiger partial charge in [0, 0.05) is 25.3 Å². The lowest BCUT2D eigenvalue weighted by molar-refractivity contribution is -0.384. The van der Waals surface area contributed by atoms with Crippen molar-refractivity contribution in [3.05, 3.63) is 80.5 Å². The second-order valence-electron chi connectivity index (χ2n) is 5.68. The molecule has 8 nitrogen and oxygen atoms in total. The van der Waals surface area contributed by atoms with Gasteiger partial charge in [0.15, 0.2) is 0 Å². The summed E-state index contributed by atoms with van der Waals surface area (Å²) in [5.74, 6) is -1.19. The zero-order valence-corrected chi connectivity index (χ0v) is 15.5. The fraction of sp³-hybridized carbons (Fsp3) is 0.158. The molecular weight excluding hydrogens is 386 g/mol. The number of aliphatic hydroxyl groups excluding tert-OH is 1. The van der Waals surface area contributed by atoms with E-state index in [9.17, 15) is 19.7 Å². The van der Waals surface area contributed by atoms with Crippen LogP contribution in [0.1, 0.15) is 22.3 Å². The molecule has 3 N–H and O–H groups in total. The third kappa shape index (κ3) is 5.90. The van der Waals surface area contributed by atoms with Crippen molar-refractivity contribution in [1.29, 1.82) is 0 Å². The third-order valence-corrected chi connectivity index (χ3v) is 3.95. The minimum Gasteiger partial charge on any atom is -0.396 e. The van der Waals surface area contributed by atoms with E-state index in [2.05, 4.69) is 10.6 Å². The van der Waals surface area contributed by atoms with E-state index in [0.29, 0.717) is 12.0 Å². The maximum atomic E-state index is 12.5. The van der Waals surface area contributed by atoms with Crippen molar-refractivity contribution >= 4 is 35.2 Å². The molecule has 2 aromatic rings. The Labute approximate surface area is 166 Å². The van der Waals surface area contributed by atoms with Gasteiger partial charge in [-0.2, -0.15) is 0 Å². The van der Waals surface area contributed by atoms with Gasteiger partial charge in [0.1, 0.15) is 5.70 Å². The fourth-order valence-corrected chi connectivity index (χ4v) is 2.49. The maximum Gasteiger partial charge on any atom is 0.270 e. The minimum absolute atomic E-state index is 0.101. The van der Waals surface area contributed by atoms with Crippen LogP contribution in [0.15, 0.2) is 54.2 Å². The molecule has 0 aliphatic carbocycles. The lowest BCUT2D eigenvalue weighted by Gasteiger charge is -2.11. The van der Waals surface area contributed by atoms with Gasteiger partial charge in [-0.05, 0) is 30.2 Å². The van der Waals surface area contributed by atoms with Gasteiger partial charge >= 0.3 is 0 Å². The quantitative estimate of drug-likeness (QED) is 0.270. The van der Waals surface area contributed by atoms with Crippen molar-refractivity contribution < 1.29 is 19.6 Å². The first kappa shape index (κ1) is 21.1. The average Bonchev–Trinajstić information content (AvgIpc) is 2.68. The van der Waals surface area contributed by atoms with E-state index in [0.717, 1.165) is 0 Å². The van der Waals surface area contributed by atoms with Crippen LogP contribution in [-0.2, 0) is 4.79 Å². The van der Waals surface area contributed by atoms with Gasteiger partial charge < -0.3 is 15.7 Å². The second-order valence-corrected chi connectivity index (χ2v) is 6.08. The smallest absolute Gasteiger partial charge is 0.270 e. The van der Waals surface area contributed by atoms with Gasteiger partial charge in [-0.3, -0.25) is 19.7 Å². The van der Waals surface area contributed by atoms with Crippen LogP contribution in [0.2, 0.25) is 5.02 Å². The summed E-state index contributed by atoms with van der Waals surface area (Å²) in [5.41, 5.74) is 0.285. The van der Waals surface area contributed by atoms with Crippen LogP contribution in [-0.4, -0.2) is 35.0 Å². The number of aliphatic hydroxyl groups is 1. The first-order valence-electron chi connectivity index (χ1n) is 8.33. The molecule has 2 aromatic carbocycles. The van der Waals surface area contributed by atoms with E-state index in [-0.39, 0.29) is 35.1 Å². The Morgan fingerprint density at radius 2 is 1.93 bits per heavy atom. The first-order chi connectivity index (χ1) is 13.4. The van der Waals surface area contributed by atoms with E-state index in [1.165, 1.54) is 30.3 Å². The van der Waals surface area contributed by atoms with Crippen molar-refractivity contribution in [2.45, 2.75) is 6.42 Å². The van der Waals surface area contributed by atoms with E-state index in [4.69, 9.17) is 16.7 Å².